The van der Waals surface area contributed by atoms with Gasteiger partial charge in [-0.1, -0.05) is 133 Å². The Labute approximate surface area is 386 Å². The number of thiophene rings is 2. The lowest BCUT2D eigenvalue weighted by molar-refractivity contribution is 0.590. The maximum Gasteiger partial charge on any atom is 0.333 e. The number of fused-ring (bicyclic) bond motifs is 17. The van der Waals surface area contributed by atoms with Crippen LogP contribution in [-0.4, -0.2) is 16.0 Å². The first kappa shape index (κ1) is 37.7. The number of aryl methyl sites for hydroxylation is 1. The van der Waals surface area contributed by atoms with E-state index in [1.807, 2.05) is 22.7 Å². The van der Waals surface area contributed by atoms with Crippen LogP contribution in [-0.2, 0) is 17.9 Å². The van der Waals surface area contributed by atoms with E-state index in [-0.39, 0.29) is 17.7 Å². The van der Waals surface area contributed by atoms with Crippen molar-refractivity contribution >= 4 is 125 Å². The summed E-state index contributed by atoms with van der Waals surface area (Å²) in [6, 6.07) is 58.5. The molecule has 0 aliphatic carbocycles. The van der Waals surface area contributed by atoms with Gasteiger partial charge in [0.2, 0.25) is 0 Å². The fourth-order valence-electron chi connectivity index (χ4n) is 11.6. The fourth-order valence-corrected chi connectivity index (χ4v) is 14.0. The third-order valence-corrected chi connectivity index (χ3v) is 17.1. The zero-order valence-corrected chi connectivity index (χ0v) is 39.3. The van der Waals surface area contributed by atoms with Crippen molar-refractivity contribution in [3.63, 3.8) is 0 Å². The summed E-state index contributed by atoms with van der Waals surface area (Å²) in [4.78, 5) is 2.72. The van der Waals surface area contributed by atoms with Gasteiger partial charge in [-0.3, -0.25) is 0 Å². The van der Waals surface area contributed by atoms with Crippen LogP contribution in [0.5, 0.6) is 0 Å². The van der Waals surface area contributed by atoms with Crippen molar-refractivity contribution in [2.75, 3.05) is 4.81 Å². The number of aromatic nitrogens is 2. The zero-order chi connectivity index (χ0) is 43.8. The lowest BCUT2D eigenvalue weighted by atomic mass is 9.43. The van der Waals surface area contributed by atoms with E-state index in [0.717, 1.165) is 0 Å². The van der Waals surface area contributed by atoms with Crippen LogP contribution in [0.1, 0.15) is 52.7 Å². The summed E-state index contributed by atoms with van der Waals surface area (Å²) in [7, 11) is 2.24. The summed E-state index contributed by atoms with van der Waals surface area (Å²) in [6.45, 7) is 13.9. The summed E-state index contributed by atoms with van der Waals surface area (Å²) >= 11 is 3.89. The molecule has 6 heterocycles. The van der Waals surface area contributed by atoms with E-state index in [0.29, 0.717) is 0 Å². The van der Waals surface area contributed by atoms with Gasteiger partial charge in [0.1, 0.15) is 0 Å². The van der Waals surface area contributed by atoms with E-state index in [4.69, 9.17) is 0 Å². The van der Waals surface area contributed by atoms with Crippen LogP contribution in [0, 0.1) is 0 Å². The largest absolute Gasteiger partial charge is 0.376 e. The fraction of sp³-hybridized carbons (Fsp3) is 0.153. The summed E-state index contributed by atoms with van der Waals surface area (Å²) in [5.41, 5.74) is 18.2. The summed E-state index contributed by atoms with van der Waals surface area (Å²) in [5.74, 6) is 0. The average Bonchev–Trinajstić information content (AvgIpc) is 4.05. The first-order chi connectivity index (χ1) is 31.4. The molecule has 0 amide bonds. The minimum Gasteiger partial charge on any atom is -0.376 e. The minimum absolute atomic E-state index is 0.0105. The molecule has 6 heteroatoms. The van der Waals surface area contributed by atoms with Gasteiger partial charge >= 0.3 is 6.85 Å². The lowest BCUT2D eigenvalue weighted by Gasteiger charge is -2.42. The van der Waals surface area contributed by atoms with Crippen molar-refractivity contribution in [1.29, 1.82) is 0 Å². The Hall–Kier alpha value is -6.60. The summed E-state index contributed by atoms with van der Waals surface area (Å²) < 4.78 is 10.4. The molecule has 14 rings (SSSR count). The quantitative estimate of drug-likeness (QED) is 0.158. The number of nitrogens with zero attached hydrogens (tertiary/aromatic N) is 3. The topological polar surface area (TPSA) is 13.1 Å². The van der Waals surface area contributed by atoms with Crippen molar-refractivity contribution in [2.45, 2.75) is 52.4 Å². The predicted octanol–water partition coefficient (Wildman–Crippen LogP) is 15.5. The van der Waals surface area contributed by atoms with E-state index in [1.165, 1.54) is 135 Å². The van der Waals surface area contributed by atoms with Gasteiger partial charge < -0.3 is 13.9 Å². The van der Waals surface area contributed by atoms with Crippen molar-refractivity contribution < 1.29 is 0 Å². The molecular weight excluding hydrogens is 826 g/mol. The van der Waals surface area contributed by atoms with Crippen molar-refractivity contribution in [3.8, 4) is 28.1 Å². The van der Waals surface area contributed by atoms with Gasteiger partial charge in [0, 0.05) is 86.5 Å². The predicted molar refractivity (Wildman–Crippen MR) is 285 cm³/mol. The molecule has 8 aromatic carbocycles. The standard InChI is InChI=1S/C59H46BN3S2/c1-58(2,3)35-21-24-37(25-22-35)63-47-32-51-40(38-17-11-13-19-49(38)64-51)30-42(47)52-53-39-18-12-14-20-50(39)65-57(53)54-41-29-36(59(4,5)6)23-26-44(41)62-48-31-46-34(27-43(48)60(63)55(52)56(54)62)28-45(61(46)7)33-15-9-8-10-16-33/h8-32H,1-7H3. The van der Waals surface area contributed by atoms with Crippen molar-refractivity contribution in [2.24, 2.45) is 7.05 Å². The molecule has 12 aromatic rings. The van der Waals surface area contributed by atoms with E-state index in [2.05, 4.69) is 214 Å². The van der Waals surface area contributed by atoms with Crippen LogP contribution in [0.4, 0.5) is 11.4 Å². The normalized spacial score (nSPS) is 13.7. The number of rotatable bonds is 2. The zero-order valence-electron chi connectivity index (χ0n) is 37.7. The Morgan fingerprint density at radius 1 is 0.523 bits per heavy atom. The molecule has 0 atom stereocenters. The molecule has 3 nitrogen and oxygen atoms in total. The van der Waals surface area contributed by atoms with Gasteiger partial charge in [-0.05, 0) is 110 Å². The van der Waals surface area contributed by atoms with E-state index in [1.54, 1.807) is 0 Å². The molecule has 0 bridgehead atoms. The van der Waals surface area contributed by atoms with E-state index in [9.17, 15) is 0 Å². The van der Waals surface area contributed by atoms with Gasteiger partial charge in [0.15, 0.2) is 0 Å². The van der Waals surface area contributed by atoms with Crippen molar-refractivity contribution in [3.05, 3.63) is 163 Å². The van der Waals surface area contributed by atoms with Crippen molar-refractivity contribution in [1.82, 2.24) is 9.13 Å². The SMILES string of the molecule is Cn1c(-c2ccccc2)cc2cc3c(cc21)-n1c2ccc(C(C)(C)C)cc2c2c4sc5ccccc5c4c4c(c21)B3N(c1ccc(C(C)(C)C)cc1)c1cc2sc3ccccc3c2cc1-4. The first-order valence-electron chi connectivity index (χ1n) is 22.9. The maximum atomic E-state index is 2.72. The first-order valence-corrected chi connectivity index (χ1v) is 24.6. The highest BCUT2D eigenvalue weighted by Crippen LogP contribution is 2.54. The minimum atomic E-state index is -0.103. The maximum absolute atomic E-state index is 2.72. The van der Waals surface area contributed by atoms with Gasteiger partial charge in [0.25, 0.3) is 0 Å². The van der Waals surface area contributed by atoms with Crippen LogP contribution in [0.15, 0.2) is 152 Å². The van der Waals surface area contributed by atoms with Gasteiger partial charge in [-0.25, -0.2) is 0 Å². The van der Waals surface area contributed by atoms with Gasteiger partial charge in [0.05, 0.1) is 16.6 Å². The van der Waals surface area contributed by atoms with Gasteiger partial charge in [-0.2, -0.15) is 0 Å². The third kappa shape index (κ3) is 5.07. The molecule has 0 fully saturated rings. The number of benzene rings is 8. The molecule has 312 valence electrons. The van der Waals surface area contributed by atoms with Crippen LogP contribution < -0.4 is 15.7 Å². The summed E-state index contributed by atoms with van der Waals surface area (Å²) in [5, 5.41) is 9.36. The van der Waals surface area contributed by atoms with Crippen LogP contribution in [0.25, 0.3) is 101 Å². The van der Waals surface area contributed by atoms with Crippen LogP contribution in [0.3, 0.4) is 0 Å². The molecule has 4 aromatic heterocycles. The Kier molecular flexibility index (Phi) is 7.44. The molecule has 0 saturated heterocycles. The molecular formula is C59H46BN3S2. The number of anilines is 2. The highest BCUT2D eigenvalue weighted by Gasteiger charge is 2.46. The summed E-state index contributed by atoms with van der Waals surface area (Å²) in [6.07, 6.45) is 0. The highest BCUT2D eigenvalue weighted by molar-refractivity contribution is 7.27. The van der Waals surface area contributed by atoms with E-state index >= 15 is 0 Å². The Bertz CT molecular complexity index is 4040. The molecule has 0 unspecified atom stereocenters. The number of hydrogen-bond acceptors (Lipinski definition) is 3. The van der Waals surface area contributed by atoms with Gasteiger partial charge in [-0.15, -0.1) is 22.7 Å². The molecule has 2 aliphatic rings. The molecule has 0 spiro atoms. The third-order valence-electron chi connectivity index (χ3n) is 14.8. The van der Waals surface area contributed by atoms with Crippen LogP contribution in [0.2, 0.25) is 0 Å². The monoisotopic (exact) mass is 871 g/mol. The van der Waals surface area contributed by atoms with E-state index < -0.39 is 0 Å². The Balaban J connectivity index is 1.22. The smallest absolute Gasteiger partial charge is 0.333 e. The Morgan fingerprint density at radius 2 is 1.22 bits per heavy atom. The molecule has 0 saturated carbocycles. The second-order valence-corrected chi connectivity index (χ2v) is 22.7. The molecule has 0 N–H and O–H groups in total. The molecule has 0 radical (unpaired) electrons. The Morgan fingerprint density at radius 3 is 1.97 bits per heavy atom. The number of hydrogen-bond donors (Lipinski definition) is 0. The lowest BCUT2D eigenvalue weighted by Crippen LogP contribution is -2.60. The molecule has 2 aliphatic heterocycles. The second-order valence-electron chi connectivity index (χ2n) is 20.6. The average molecular weight is 872 g/mol. The second kappa shape index (κ2) is 12.8. The van der Waals surface area contributed by atoms with Crippen LogP contribution >= 0.6 is 22.7 Å². The highest BCUT2D eigenvalue weighted by atomic mass is 32.1. The molecule has 65 heavy (non-hydrogen) atoms.